The Labute approximate surface area is 102 Å². The van der Waals surface area contributed by atoms with Crippen molar-refractivity contribution >= 4 is 34.3 Å². The fourth-order valence-corrected chi connectivity index (χ4v) is 2.77. The van der Waals surface area contributed by atoms with E-state index in [1.165, 1.54) is 16.9 Å². The largest absolute Gasteiger partial charge is 0.374 e. The zero-order valence-electron chi connectivity index (χ0n) is 8.59. The lowest BCUT2D eigenvalue weighted by molar-refractivity contribution is 1.02. The van der Waals surface area contributed by atoms with Crippen molar-refractivity contribution in [2.45, 2.75) is 10.1 Å². The van der Waals surface area contributed by atoms with Crippen molar-refractivity contribution < 1.29 is 0 Å². The second kappa shape index (κ2) is 5.14. The van der Waals surface area contributed by atoms with Crippen molar-refractivity contribution in [2.24, 2.45) is 0 Å². The predicted molar refractivity (Wildman–Crippen MR) is 70.4 cm³/mol. The van der Waals surface area contributed by atoms with Gasteiger partial charge in [-0.25, -0.2) is 0 Å². The minimum absolute atomic E-state index is 0.518. The van der Waals surface area contributed by atoms with Crippen molar-refractivity contribution in [3.05, 3.63) is 42.0 Å². The summed E-state index contributed by atoms with van der Waals surface area (Å²) in [5.74, 6) is 0.881. The molecule has 0 fully saturated rings. The first-order valence-electron chi connectivity index (χ1n) is 4.71. The van der Waals surface area contributed by atoms with Gasteiger partial charge in [0, 0.05) is 5.75 Å². The Balaban J connectivity index is 1.96. The smallest absolute Gasteiger partial charge is 0.203 e. The summed E-state index contributed by atoms with van der Waals surface area (Å²) in [6.45, 7) is 3.72. The van der Waals surface area contributed by atoms with Gasteiger partial charge in [0.05, 0.1) is 0 Å². The molecule has 0 saturated carbocycles. The number of thioether (sulfide) groups is 1. The number of nitrogen functional groups attached to an aromatic ring is 1. The Kier molecular flexibility index (Phi) is 3.58. The summed E-state index contributed by atoms with van der Waals surface area (Å²) in [6, 6.07) is 8.29. The lowest BCUT2D eigenvalue weighted by atomic mass is 10.1. The SMILES string of the molecule is C=Cc1ccc(CSc2nnc(N)s2)cc1. The number of hydrogen-bond acceptors (Lipinski definition) is 5. The van der Waals surface area contributed by atoms with Crippen LogP contribution in [0.25, 0.3) is 6.08 Å². The first kappa shape index (κ1) is 11.2. The molecule has 0 spiro atoms. The third-order valence-electron chi connectivity index (χ3n) is 2.00. The second-order valence-electron chi connectivity index (χ2n) is 3.14. The van der Waals surface area contributed by atoms with Crippen molar-refractivity contribution in [1.82, 2.24) is 10.2 Å². The summed E-state index contributed by atoms with van der Waals surface area (Å²) in [5.41, 5.74) is 7.89. The molecule has 1 aromatic heterocycles. The quantitative estimate of drug-likeness (QED) is 0.846. The van der Waals surface area contributed by atoms with Gasteiger partial charge < -0.3 is 5.73 Å². The van der Waals surface area contributed by atoms with Gasteiger partial charge in [0.2, 0.25) is 5.13 Å². The van der Waals surface area contributed by atoms with Gasteiger partial charge in [-0.2, -0.15) is 0 Å². The molecule has 1 aromatic carbocycles. The van der Waals surface area contributed by atoms with Crippen LogP contribution in [0.1, 0.15) is 11.1 Å². The maximum atomic E-state index is 5.51. The highest BCUT2D eigenvalue weighted by atomic mass is 32.2. The lowest BCUT2D eigenvalue weighted by Crippen LogP contribution is -1.81. The van der Waals surface area contributed by atoms with Crippen LogP contribution in [-0.2, 0) is 5.75 Å². The molecule has 0 amide bonds. The zero-order valence-corrected chi connectivity index (χ0v) is 10.2. The van der Waals surface area contributed by atoms with E-state index in [0.717, 1.165) is 15.7 Å². The van der Waals surface area contributed by atoms with E-state index < -0.39 is 0 Å². The normalized spacial score (nSPS) is 10.2. The second-order valence-corrected chi connectivity index (χ2v) is 5.37. The molecule has 2 aromatic rings. The summed E-state index contributed by atoms with van der Waals surface area (Å²) in [5, 5.41) is 8.24. The number of nitrogens with two attached hydrogens (primary N) is 1. The molecule has 3 nitrogen and oxygen atoms in total. The van der Waals surface area contributed by atoms with Crippen LogP contribution in [0.2, 0.25) is 0 Å². The average Bonchev–Trinajstić information content (AvgIpc) is 2.73. The van der Waals surface area contributed by atoms with E-state index in [0.29, 0.717) is 5.13 Å². The van der Waals surface area contributed by atoms with Crippen LogP contribution in [-0.4, -0.2) is 10.2 Å². The summed E-state index contributed by atoms with van der Waals surface area (Å²) < 4.78 is 0.908. The fraction of sp³-hybridized carbons (Fsp3) is 0.0909. The molecule has 0 atom stereocenters. The van der Waals surface area contributed by atoms with Crippen LogP contribution in [0.3, 0.4) is 0 Å². The first-order chi connectivity index (χ1) is 7.78. The minimum Gasteiger partial charge on any atom is -0.374 e. The van der Waals surface area contributed by atoms with E-state index >= 15 is 0 Å². The molecule has 0 saturated heterocycles. The molecular formula is C11H11N3S2. The summed E-state index contributed by atoms with van der Waals surface area (Å²) in [7, 11) is 0. The average molecular weight is 249 g/mol. The molecule has 0 radical (unpaired) electrons. The topological polar surface area (TPSA) is 51.8 Å². The Morgan fingerprint density at radius 3 is 2.62 bits per heavy atom. The van der Waals surface area contributed by atoms with Gasteiger partial charge in [0.1, 0.15) is 0 Å². The van der Waals surface area contributed by atoms with Crippen LogP contribution in [0.4, 0.5) is 5.13 Å². The van der Waals surface area contributed by atoms with Gasteiger partial charge in [-0.15, -0.1) is 10.2 Å². The van der Waals surface area contributed by atoms with Crippen LogP contribution < -0.4 is 5.73 Å². The van der Waals surface area contributed by atoms with Gasteiger partial charge in [0.25, 0.3) is 0 Å². The molecule has 0 unspecified atom stereocenters. The van der Waals surface area contributed by atoms with Crippen LogP contribution >= 0.6 is 23.1 Å². The van der Waals surface area contributed by atoms with Crippen molar-refractivity contribution in [3.63, 3.8) is 0 Å². The molecule has 2 rings (SSSR count). The summed E-state index contributed by atoms with van der Waals surface area (Å²) >= 11 is 3.06. The molecule has 0 aliphatic carbocycles. The number of rotatable bonds is 4. The maximum absolute atomic E-state index is 5.51. The molecule has 16 heavy (non-hydrogen) atoms. The highest BCUT2D eigenvalue weighted by Gasteiger charge is 2.02. The lowest BCUT2D eigenvalue weighted by Gasteiger charge is -1.99. The summed E-state index contributed by atoms with van der Waals surface area (Å²) in [6.07, 6.45) is 1.84. The van der Waals surface area contributed by atoms with E-state index in [1.807, 2.05) is 6.08 Å². The van der Waals surface area contributed by atoms with Gasteiger partial charge in [0.15, 0.2) is 4.34 Å². The van der Waals surface area contributed by atoms with Gasteiger partial charge in [-0.1, -0.05) is 60.0 Å². The highest BCUT2D eigenvalue weighted by molar-refractivity contribution is 8.00. The molecule has 82 valence electrons. The Bertz CT molecular complexity index is 476. The Morgan fingerprint density at radius 2 is 2.06 bits per heavy atom. The number of benzene rings is 1. The third-order valence-corrected chi connectivity index (χ3v) is 3.96. The molecular weight excluding hydrogens is 238 g/mol. The molecule has 5 heteroatoms. The van der Waals surface area contributed by atoms with Crippen LogP contribution in [0, 0.1) is 0 Å². The van der Waals surface area contributed by atoms with Crippen molar-refractivity contribution in [3.8, 4) is 0 Å². The predicted octanol–water partition coefficient (Wildman–Crippen LogP) is 3.06. The molecule has 0 aliphatic rings. The van der Waals surface area contributed by atoms with E-state index in [2.05, 4.69) is 41.0 Å². The highest BCUT2D eigenvalue weighted by Crippen LogP contribution is 2.26. The van der Waals surface area contributed by atoms with Crippen molar-refractivity contribution in [2.75, 3.05) is 5.73 Å². The van der Waals surface area contributed by atoms with Gasteiger partial charge in [-0.3, -0.25) is 0 Å². The number of nitrogens with zero attached hydrogens (tertiary/aromatic N) is 2. The van der Waals surface area contributed by atoms with Crippen LogP contribution in [0.5, 0.6) is 0 Å². The summed E-state index contributed by atoms with van der Waals surface area (Å²) in [4.78, 5) is 0. The Hall–Kier alpha value is -1.33. The maximum Gasteiger partial charge on any atom is 0.203 e. The molecule has 2 N–H and O–H groups in total. The van der Waals surface area contributed by atoms with Gasteiger partial charge in [-0.05, 0) is 11.1 Å². The number of aromatic nitrogens is 2. The first-order valence-corrected chi connectivity index (χ1v) is 6.51. The molecule has 1 heterocycles. The third kappa shape index (κ3) is 2.84. The monoisotopic (exact) mass is 249 g/mol. The number of hydrogen-bond donors (Lipinski definition) is 1. The van der Waals surface area contributed by atoms with Crippen LogP contribution in [0.15, 0.2) is 35.2 Å². The van der Waals surface area contributed by atoms with Crippen molar-refractivity contribution in [1.29, 1.82) is 0 Å². The molecule has 0 bridgehead atoms. The van der Waals surface area contributed by atoms with Gasteiger partial charge >= 0.3 is 0 Å². The Morgan fingerprint density at radius 1 is 1.31 bits per heavy atom. The zero-order chi connectivity index (χ0) is 11.4. The van der Waals surface area contributed by atoms with E-state index in [9.17, 15) is 0 Å². The fourth-order valence-electron chi connectivity index (χ4n) is 1.17. The standard InChI is InChI=1S/C11H11N3S2/c1-2-8-3-5-9(6-4-8)7-15-11-14-13-10(12)16-11/h2-6H,1,7H2,(H2,12,13). The minimum atomic E-state index is 0.518. The van der Waals surface area contributed by atoms with E-state index in [-0.39, 0.29) is 0 Å². The van der Waals surface area contributed by atoms with E-state index in [4.69, 9.17) is 5.73 Å². The number of anilines is 1. The van der Waals surface area contributed by atoms with E-state index in [1.54, 1.807) is 11.8 Å². The molecule has 0 aliphatic heterocycles.